The van der Waals surface area contributed by atoms with Crippen LogP contribution in [0.4, 0.5) is 4.39 Å². The van der Waals surface area contributed by atoms with Crippen molar-refractivity contribution in [2.24, 2.45) is 0 Å². The summed E-state index contributed by atoms with van der Waals surface area (Å²) in [4.78, 5) is 12.1. The van der Waals surface area contributed by atoms with E-state index in [1.165, 1.54) is 12.1 Å². The Kier molecular flexibility index (Phi) is 2.96. The molecule has 1 aromatic rings. The molecule has 2 aliphatic rings. The highest BCUT2D eigenvalue weighted by Gasteiger charge is 2.41. The number of hydrogen-bond acceptors (Lipinski definition) is 3. The first-order valence-electron chi connectivity index (χ1n) is 6.33. The van der Waals surface area contributed by atoms with Crippen molar-refractivity contribution in [2.45, 2.75) is 37.5 Å². The third-order valence-corrected chi connectivity index (χ3v) is 3.77. The second-order valence-electron chi connectivity index (χ2n) is 5.00. The average molecular weight is 260 g/mol. The SMILES string of the molecule is N#Cc1cc(C(=O)NC2CC3CCC2O3)ccc1F. The molecule has 1 N–H and O–H groups in total. The summed E-state index contributed by atoms with van der Waals surface area (Å²) in [6.07, 6.45) is 3.24. The minimum absolute atomic E-state index is 0.0295. The lowest BCUT2D eigenvalue weighted by molar-refractivity contribution is 0.0841. The van der Waals surface area contributed by atoms with Crippen LogP contribution in [0, 0.1) is 17.1 Å². The van der Waals surface area contributed by atoms with Gasteiger partial charge in [-0.3, -0.25) is 4.79 Å². The molecule has 2 aliphatic heterocycles. The van der Waals surface area contributed by atoms with E-state index in [2.05, 4.69) is 5.32 Å². The normalized spacial score (nSPS) is 28.1. The van der Waals surface area contributed by atoms with Gasteiger partial charge in [0.15, 0.2) is 0 Å². The molecule has 1 amide bonds. The largest absolute Gasteiger partial charge is 0.373 e. The van der Waals surface area contributed by atoms with E-state index in [-0.39, 0.29) is 29.7 Å². The van der Waals surface area contributed by atoms with E-state index in [0.29, 0.717) is 5.56 Å². The summed E-state index contributed by atoms with van der Waals surface area (Å²) < 4.78 is 18.8. The number of carbonyl (C=O) groups excluding carboxylic acids is 1. The summed E-state index contributed by atoms with van der Waals surface area (Å²) in [5, 5.41) is 11.7. The molecular formula is C14H13FN2O2. The Labute approximate surface area is 110 Å². The van der Waals surface area contributed by atoms with Crippen molar-refractivity contribution in [1.29, 1.82) is 5.26 Å². The van der Waals surface area contributed by atoms with Crippen molar-refractivity contribution >= 4 is 5.91 Å². The minimum atomic E-state index is -0.609. The van der Waals surface area contributed by atoms with E-state index in [9.17, 15) is 9.18 Å². The van der Waals surface area contributed by atoms with E-state index in [0.717, 1.165) is 25.3 Å². The standard InChI is InChI=1S/C14H13FN2O2/c15-11-3-1-8(5-9(11)7-16)14(18)17-12-6-10-2-4-13(12)19-10/h1,3,5,10,12-13H,2,4,6H2,(H,17,18). The van der Waals surface area contributed by atoms with Crippen molar-refractivity contribution in [3.05, 3.63) is 35.1 Å². The van der Waals surface area contributed by atoms with Gasteiger partial charge in [-0.2, -0.15) is 5.26 Å². The first kappa shape index (κ1) is 12.1. The number of fused-ring (bicyclic) bond motifs is 2. The predicted molar refractivity (Wildman–Crippen MR) is 64.9 cm³/mol. The van der Waals surface area contributed by atoms with E-state index in [1.54, 1.807) is 6.07 Å². The van der Waals surface area contributed by atoms with Crippen LogP contribution in [-0.4, -0.2) is 24.2 Å². The number of benzene rings is 1. The highest BCUT2D eigenvalue weighted by Crippen LogP contribution is 2.34. The molecule has 2 fully saturated rings. The van der Waals surface area contributed by atoms with Crippen LogP contribution in [0.1, 0.15) is 35.2 Å². The minimum Gasteiger partial charge on any atom is -0.373 e. The lowest BCUT2D eigenvalue weighted by Crippen LogP contribution is -2.41. The predicted octanol–water partition coefficient (Wildman–Crippen LogP) is 1.75. The number of hydrogen-bond donors (Lipinski definition) is 1. The van der Waals surface area contributed by atoms with E-state index in [4.69, 9.17) is 10.00 Å². The first-order chi connectivity index (χ1) is 9.17. The monoisotopic (exact) mass is 260 g/mol. The molecule has 3 atom stereocenters. The van der Waals surface area contributed by atoms with Gasteiger partial charge in [-0.25, -0.2) is 4.39 Å². The molecule has 2 bridgehead atoms. The van der Waals surface area contributed by atoms with Crippen molar-refractivity contribution < 1.29 is 13.9 Å². The highest BCUT2D eigenvalue weighted by molar-refractivity contribution is 5.94. The Morgan fingerprint density at radius 1 is 1.47 bits per heavy atom. The zero-order valence-corrected chi connectivity index (χ0v) is 10.2. The maximum Gasteiger partial charge on any atom is 0.251 e. The number of nitriles is 1. The number of amides is 1. The zero-order valence-electron chi connectivity index (χ0n) is 10.2. The Hall–Kier alpha value is -1.93. The molecule has 19 heavy (non-hydrogen) atoms. The molecule has 98 valence electrons. The Morgan fingerprint density at radius 3 is 2.95 bits per heavy atom. The molecule has 0 spiro atoms. The molecule has 4 nitrogen and oxygen atoms in total. The fourth-order valence-corrected chi connectivity index (χ4v) is 2.79. The first-order valence-corrected chi connectivity index (χ1v) is 6.33. The molecule has 5 heteroatoms. The van der Waals surface area contributed by atoms with Gasteiger partial charge in [-0.15, -0.1) is 0 Å². The van der Waals surface area contributed by atoms with Crippen molar-refractivity contribution in [3.8, 4) is 6.07 Å². The summed E-state index contributed by atoms with van der Waals surface area (Å²) >= 11 is 0. The van der Waals surface area contributed by atoms with Gasteiger partial charge in [0.25, 0.3) is 5.91 Å². The Balaban J connectivity index is 1.72. The molecule has 0 aromatic heterocycles. The number of nitrogens with zero attached hydrogens (tertiary/aromatic N) is 1. The van der Waals surface area contributed by atoms with Crippen LogP contribution in [0.25, 0.3) is 0 Å². The summed E-state index contributed by atoms with van der Waals surface area (Å²) in [7, 11) is 0. The molecule has 2 heterocycles. The van der Waals surface area contributed by atoms with E-state index < -0.39 is 5.82 Å². The summed E-state index contributed by atoms with van der Waals surface area (Å²) in [5.74, 6) is -0.889. The third-order valence-electron chi connectivity index (χ3n) is 3.77. The molecular weight excluding hydrogens is 247 g/mol. The third kappa shape index (κ3) is 2.20. The number of nitrogens with one attached hydrogen (secondary N) is 1. The number of carbonyl (C=O) groups is 1. The average Bonchev–Trinajstić information content (AvgIpc) is 3.01. The maximum absolute atomic E-state index is 13.2. The number of rotatable bonds is 2. The van der Waals surface area contributed by atoms with Crippen LogP contribution in [0.5, 0.6) is 0 Å². The topological polar surface area (TPSA) is 62.1 Å². The van der Waals surface area contributed by atoms with Gasteiger partial charge in [-0.1, -0.05) is 0 Å². The lowest BCUT2D eigenvalue weighted by Gasteiger charge is -2.20. The summed E-state index contributed by atoms with van der Waals surface area (Å²) in [6.45, 7) is 0. The van der Waals surface area contributed by atoms with Gasteiger partial charge in [0.05, 0.1) is 23.8 Å². The molecule has 0 aliphatic carbocycles. The smallest absolute Gasteiger partial charge is 0.251 e. The molecule has 1 aromatic carbocycles. The van der Waals surface area contributed by atoms with Gasteiger partial charge in [0.2, 0.25) is 0 Å². The van der Waals surface area contributed by atoms with Crippen LogP contribution in [-0.2, 0) is 4.74 Å². The van der Waals surface area contributed by atoms with E-state index in [1.807, 2.05) is 0 Å². The van der Waals surface area contributed by atoms with Crippen molar-refractivity contribution in [1.82, 2.24) is 5.32 Å². The number of halogens is 1. The van der Waals surface area contributed by atoms with Gasteiger partial charge < -0.3 is 10.1 Å². The lowest BCUT2D eigenvalue weighted by atomic mass is 9.95. The maximum atomic E-state index is 13.2. The quantitative estimate of drug-likeness (QED) is 0.881. The van der Waals surface area contributed by atoms with Crippen LogP contribution in [0.3, 0.4) is 0 Å². The number of ether oxygens (including phenoxy) is 1. The molecule has 0 saturated carbocycles. The second-order valence-corrected chi connectivity index (χ2v) is 5.00. The van der Waals surface area contributed by atoms with E-state index >= 15 is 0 Å². The van der Waals surface area contributed by atoms with Gasteiger partial charge in [0, 0.05) is 5.56 Å². The van der Waals surface area contributed by atoms with Crippen LogP contribution < -0.4 is 5.32 Å². The molecule has 2 saturated heterocycles. The van der Waals surface area contributed by atoms with Crippen LogP contribution in [0.15, 0.2) is 18.2 Å². The van der Waals surface area contributed by atoms with Crippen LogP contribution in [0.2, 0.25) is 0 Å². The fraction of sp³-hybridized carbons (Fsp3) is 0.429. The Morgan fingerprint density at radius 2 is 2.32 bits per heavy atom. The summed E-state index contributed by atoms with van der Waals surface area (Å²) in [6, 6.07) is 5.57. The van der Waals surface area contributed by atoms with Crippen LogP contribution >= 0.6 is 0 Å². The van der Waals surface area contributed by atoms with Crippen molar-refractivity contribution in [2.75, 3.05) is 0 Å². The Bertz CT molecular complexity index is 567. The van der Waals surface area contributed by atoms with Gasteiger partial charge in [-0.05, 0) is 37.5 Å². The molecule has 0 radical (unpaired) electrons. The highest BCUT2D eigenvalue weighted by atomic mass is 19.1. The second kappa shape index (κ2) is 4.63. The molecule has 3 rings (SSSR count). The molecule has 3 unspecified atom stereocenters. The summed E-state index contributed by atoms with van der Waals surface area (Å²) in [5.41, 5.74) is 0.192. The van der Waals surface area contributed by atoms with Gasteiger partial charge in [0.1, 0.15) is 11.9 Å². The zero-order chi connectivity index (χ0) is 13.4. The van der Waals surface area contributed by atoms with Crippen molar-refractivity contribution in [3.63, 3.8) is 0 Å². The fourth-order valence-electron chi connectivity index (χ4n) is 2.79. The van der Waals surface area contributed by atoms with Gasteiger partial charge >= 0.3 is 0 Å².